The van der Waals surface area contributed by atoms with E-state index in [0.29, 0.717) is 23.7 Å². The predicted octanol–water partition coefficient (Wildman–Crippen LogP) is 5.17. The standard InChI is InChI=1S/C20H17ClF3N3O3/c21-16-7-4-13(9-15(16)20(22,23)24)27-19(28)8-3-12-1-5-14(6-2-12)29-18-11-26-30-17(18)10-25/h1-2,4-7,9,11H,3,8,10,25H2,(H,27,28). The van der Waals surface area contributed by atoms with Gasteiger partial charge in [-0.2, -0.15) is 13.2 Å². The summed E-state index contributed by atoms with van der Waals surface area (Å²) in [7, 11) is 0. The maximum Gasteiger partial charge on any atom is 0.417 e. The number of hydrogen-bond acceptors (Lipinski definition) is 5. The molecule has 2 aromatic carbocycles. The van der Waals surface area contributed by atoms with Crippen LogP contribution in [0.15, 0.2) is 53.2 Å². The van der Waals surface area contributed by atoms with Crippen molar-refractivity contribution in [3.63, 3.8) is 0 Å². The number of benzene rings is 2. The van der Waals surface area contributed by atoms with Gasteiger partial charge in [0.25, 0.3) is 0 Å². The second kappa shape index (κ2) is 9.19. The van der Waals surface area contributed by atoms with Crippen LogP contribution in [-0.2, 0) is 23.9 Å². The van der Waals surface area contributed by atoms with Crippen molar-refractivity contribution in [3.8, 4) is 11.5 Å². The third-order valence-corrected chi connectivity index (χ3v) is 4.47. The number of carbonyl (C=O) groups excluding carboxylic acids is 1. The highest BCUT2D eigenvalue weighted by Crippen LogP contribution is 2.36. The van der Waals surface area contributed by atoms with E-state index in [1.807, 2.05) is 0 Å². The lowest BCUT2D eigenvalue weighted by atomic mass is 10.1. The van der Waals surface area contributed by atoms with E-state index in [0.717, 1.165) is 17.7 Å². The summed E-state index contributed by atoms with van der Waals surface area (Å²) in [5.74, 6) is 0.974. The average molecular weight is 440 g/mol. The number of nitrogens with two attached hydrogens (primary N) is 1. The molecule has 1 aromatic heterocycles. The number of amides is 1. The maximum absolute atomic E-state index is 12.9. The van der Waals surface area contributed by atoms with E-state index in [9.17, 15) is 18.0 Å². The van der Waals surface area contributed by atoms with E-state index >= 15 is 0 Å². The van der Waals surface area contributed by atoms with Gasteiger partial charge in [0.2, 0.25) is 5.91 Å². The number of aryl methyl sites for hydroxylation is 1. The predicted molar refractivity (Wildman–Crippen MR) is 104 cm³/mol. The van der Waals surface area contributed by atoms with E-state index in [1.54, 1.807) is 24.3 Å². The van der Waals surface area contributed by atoms with Crippen LogP contribution >= 0.6 is 11.6 Å². The molecule has 1 amide bonds. The number of nitrogens with one attached hydrogen (secondary N) is 1. The first-order valence-corrected chi connectivity index (χ1v) is 9.21. The molecule has 6 nitrogen and oxygen atoms in total. The van der Waals surface area contributed by atoms with E-state index < -0.39 is 22.7 Å². The SMILES string of the molecule is NCc1oncc1Oc1ccc(CCC(=O)Nc2ccc(Cl)c(C(F)(F)F)c2)cc1. The molecule has 30 heavy (non-hydrogen) atoms. The van der Waals surface area contributed by atoms with Crippen molar-refractivity contribution in [1.29, 1.82) is 0 Å². The Balaban J connectivity index is 1.55. The summed E-state index contributed by atoms with van der Waals surface area (Å²) in [5, 5.41) is 5.65. The first kappa shape index (κ1) is 21.7. The third-order valence-electron chi connectivity index (χ3n) is 4.14. The lowest BCUT2D eigenvalue weighted by Crippen LogP contribution is -2.14. The number of nitrogens with zero attached hydrogens (tertiary/aromatic N) is 1. The fourth-order valence-electron chi connectivity index (χ4n) is 2.63. The minimum Gasteiger partial charge on any atom is -0.452 e. The summed E-state index contributed by atoms with van der Waals surface area (Å²) >= 11 is 5.57. The molecule has 3 aromatic rings. The molecular formula is C20H17ClF3N3O3. The molecule has 0 radical (unpaired) electrons. The van der Waals surface area contributed by atoms with Crippen LogP contribution in [-0.4, -0.2) is 11.1 Å². The molecule has 0 aliphatic carbocycles. The minimum absolute atomic E-state index is 0.0323. The van der Waals surface area contributed by atoms with Gasteiger partial charge in [0.1, 0.15) is 11.9 Å². The second-order valence-electron chi connectivity index (χ2n) is 6.30. The van der Waals surface area contributed by atoms with Crippen LogP contribution in [0.5, 0.6) is 11.5 Å². The van der Waals surface area contributed by atoms with Crippen LogP contribution in [0.4, 0.5) is 18.9 Å². The molecule has 0 fully saturated rings. The molecule has 0 saturated carbocycles. The Labute approximate surface area is 174 Å². The third kappa shape index (κ3) is 5.52. The van der Waals surface area contributed by atoms with Gasteiger partial charge in [-0.1, -0.05) is 28.9 Å². The first-order valence-electron chi connectivity index (χ1n) is 8.83. The Morgan fingerprint density at radius 3 is 2.60 bits per heavy atom. The normalized spacial score (nSPS) is 11.4. The molecule has 0 atom stereocenters. The van der Waals surface area contributed by atoms with Crippen molar-refractivity contribution in [2.75, 3.05) is 5.32 Å². The summed E-state index contributed by atoms with van der Waals surface area (Å²) in [5.41, 5.74) is 5.41. The smallest absolute Gasteiger partial charge is 0.417 e. The van der Waals surface area contributed by atoms with Gasteiger partial charge < -0.3 is 20.3 Å². The molecule has 1 heterocycles. The van der Waals surface area contributed by atoms with Crippen molar-refractivity contribution >= 4 is 23.2 Å². The molecular weight excluding hydrogens is 423 g/mol. The van der Waals surface area contributed by atoms with Gasteiger partial charge in [-0.15, -0.1) is 0 Å². The molecule has 10 heteroatoms. The van der Waals surface area contributed by atoms with Gasteiger partial charge in [0.15, 0.2) is 11.5 Å². The zero-order valence-electron chi connectivity index (χ0n) is 15.5. The highest BCUT2D eigenvalue weighted by atomic mass is 35.5. The van der Waals surface area contributed by atoms with Crippen LogP contribution in [0.2, 0.25) is 5.02 Å². The minimum atomic E-state index is -4.60. The lowest BCUT2D eigenvalue weighted by molar-refractivity contribution is -0.137. The molecule has 0 aliphatic rings. The van der Waals surface area contributed by atoms with Crippen molar-refractivity contribution in [2.24, 2.45) is 5.73 Å². The molecule has 3 rings (SSSR count). The monoisotopic (exact) mass is 439 g/mol. The summed E-state index contributed by atoms with van der Waals surface area (Å²) in [6, 6.07) is 10.2. The van der Waals surface area contributed by atoms with E-state index in [-0.39, 0.29) is 18.7 Å². The van der Waals surface area contributed by atoms with Crippen molar-refractivity contribution in [3.05, 3.63) is 70.6 Å². The average Bonchev–Trinajstić information content (AvgIpc) is 3.15. The zero-order chi connectivity index (χ0) is 21.7. The van der Waals surface area contributed by atoms with Gasteiger partial charge in [0.05, 0.1) is 17.1 Å². The van der Waals surface area contributed by atoms with Crippen molar-refractivity contribution in [2.45, 2.75) is 25.6 Å². The molecule has 158 valence electrons. The van der Waals surface area contributed by atoms with Crippen LogP contribution in [0.25, 0.3) is 0 Å². The number of alkyl halides is 3. The largest absolute Gasteiger partial charge is 0.452 e. The Bertz CT molecular complexity index is 1020. The molecule has 0 saturated heterocycles. The number of rotatable bonds is 7. The summed E-state index contributed by atoms with van der Waals surface area (Å²) in [6.07, 6.45) is -2.69. The van der Waals surface area contributed by atoms with Crippen LogP contribution in [0.3, 0.4) is 0 Å². The van der Waals surface area contributed by atoms with Crippen molar-refractivity contribution < 1.29 is 27.2 Å². The number of anilines is 1. The van der Waals surface area contributed by atoms with Gasteiger partial charge in [-0.3, -0.25) is 4.79 Å². The van der Waals surface area contributed by atoms with E-state index in [4.69, 9.17) is 26.6 Å². The Hall–Kier alpha value is -3.04. The second-order valence-corrected chi connectivity index (χ2v) is 6.71. The van der Waals surface area contributed by atoms with Gasteiger partial charge in [-0.05, 0) is 42.3 Å². The summed E-state index contributed by atoms with van der Waals surface area (Å²) in [6.45, 7) is 0.153. The molecule has 0 aliphatic heterocycles. The van der Waals surface area contributed by atoms with Crippen LogP contribution < -0.4 is 15.8 Å². The number of halogens is 4. The van der Waals surface area contributed by atoms with Gasteiger partial charge >= 0.3 is 6.18 Å². The highest BCUT2D eigenvalue weighted by Gasteiger charge is 2.33. The Morgan fingerprint density at radius 2 is 1.93 bits per heavy atom. The highest BCUT2D eigenvalue weighted by molar-refractivity contribution is 6.31. The number of carbonyl (C=O) groups is 1. The molecule has 0 bridgehead atoms. The fourth-order valence-corrected chi connectivity index (χ4v) is 2.85. The lowest BCUT2D eigenvalue weighted by Gasteiger charge is -2.12. The topological polar surface area (TPSA) is 90.4 Å². The molecule has 0 spiro atoms. The number of hydrogen-bond donors (Lipinski definition) is 2. The van der Waals surface area contributed by atoms with Gasteiger partial charge in [0, 0.05) is 12.1 Å². The van der Waals surface area contributed by atoms with Crippen LogP contribution in [0.1, 0.15) is 23.3 Å². The van der Waals surface area contributed by atoms with Crippen molar-refractivity contribution in [1.82, 2.24) is 5.16 Å². The quantitative estimate of drug-likeness (QED) is 0.530. The first-order chi connectivity index (χ1) is 14.3. The molecule has 0 unspecified atom stereocenters. The van der Waals surface area contributed by atoms with Gasteiger partial charge in [-0.25, -0.2) is 0 Å². The summed E-state index contributed by atoms with van der Waals surface area (Å²) in [4.78, 5) is 12.1. The fraction of sp³-hybridized carbons (Fsp3) is 0.200. The number of aromatic nitrogens is 1. The Kier molecular flexibility index (Phi) is 6.63. The zero-order valence-corrected chi connectivity index (χ0v) is 16.3. The number of ether oxygens (including phenoxy) is 1. The summed E-state index contributed by atoms with van der Waals surface area (Å²) < 4.78 is 49.3. The van der Waals surface area contributed by atoms with E-state index in [1.165, 1.54) is 12.3 Å². The molecule has 3 N–H and O–H groups in total. The Morgan fingerprint density at radius 1 is 1.20 bits per heavy atom. The maximum atomic E-state index is 12.9. The van der Waals surface area contributed by atoms with Crippen LogP contribution in [0, 0.1) is 0 Å². The van der Waals surface area contributed by atoms with E-state index in [2.05, 4.69) is 10.5 Å².